The molecule has 31 atom stereocenters. The minimum atomic E-state index is -5.78. The average Bonchev–Trinajstić information content (AvgIpc) is 1.65. The van der Waals surface area contributed by atoms with Crippen LogP contribution in [-0.4, -0.2) is 271 Å². The Kier molecular flexibility index (Phi) is 34.1. The molecule has 8 saturated heterocycles. The number of nitrogens with zero attached hydrogens (tertiary/aromatic N) is 13. The molecular formula is C72H94N21O49P7. The van der Waals surface area contributed by atoms with Crippen LogP contribution in [0.1, 0.15) is 101 Å². The van der Waals surface area contributed by atoms with Crippen LogP contribution in [0.25, 0.3) is 0 Å². The zero-order valence-corrected chi connectivity index (χ0v) is 82.4. The smallest absolute Gasteiger partial charge is 0.394 e. The Morgan fingerprint density at radius 3 is 0.631 bits per heavy atom. The fourth-order valence-corrected chi connectivity index (χ4v) is 23.5. The number of nitrogen functional groups attached to an aromatic ring is 5. The summed E-state index contributed by atoms with van der Waals surface area (Å²) in [5.74, 6) is -1.15. The SMILES string of the molecule is Nc1ccn([C@H]2C[C@H](OP(=O)(O)OC[C@H]3O[C@@H](n4ccc(N)nc4=O)C[C@@H]3OP(=O)(O)OC[C@H]3O[C@@H](n4ccc(=O)[nH]c4=O)C[C@@H]3OP(=O)(O)OC[C@H]3O[C@@H](n4ccc(N)nc4=O)C[C@@H]3OP(=O)(O)OC[C@H]3O[C@@H](n4ccc(N)nc4=O)C[C@@H]3OP(=O)(O)OC[C@H]3O[C@@H](n4ccc(=O)[nH]c4=O)C[C@@H]3OP(=O)(O)OC[C@H]3O[C@@H](n4ccc(=O)[nH]c4=O)C[C@@H]3OP(=O)(O)OC[C@H]3O[C@@H](n4ccc(N)nc4=O)C[C@@H]3O)[C@@H](CO)O2)c(=O)n1. The number of anilines is 5. The van der Waals surface area contributed by atoms with E-state index in [0.717, 1.165) is 104 Å². The van der Waals surface area contributed by atoms with Crippen molar-refractivity contribution in [1.82, 2.24) is 76.4 Å². The zero-order chi connectivity index (χ0) is 107. The number of aromatic nitrogens is 16. The van der Waals surface area contributed by atoms with E-state index < -0.39 is 356 Å². The van der Waals surface area contributed by atoms with Gasteiger partial charge in [0, 0.05) is 119 Å². The van der Waals surface area contributed by atoms with Gasteiger partial charge in [0.1, 0.15) is 170 Å². The Hall–Kier alpha value is -10.2. The Bertz CT molecular complexity index is 7280. The molecule has 8 aliphatic heterocycles. The van der Waals surface area contributed by atoms with Crippen molar-refractivity contribution in [2.45, 2.75) is 199 Å². The van der Waals surface area contributed by atoms with E-state index in [9.17, 15) is 129 Å². The number of hydrogen-bond donors (Lipinski definition) is 17. The molecule has 0 aromatic carbocycles. The molecule has 8 fully saturated rings. The number of aliphatic hydroxyl groups is 2. The van der Waals surface area contributed by atoms with Gasteiger partial charge in [-0.1, -0.05) is 0 Å². The summed E-state index contributed by atoms with van der Waals surface area (Å²) in [6, 6.07) is 8.54. The molecule has 16 heterocycles. The van der Waals surface area contributed by atoms with Crippen molar-refractivity contribution in [3.63, 3.8) is 0 Å². The molecule has 8 aliphatic rings. The summed E-state index contributed by atoms with van der Waals surface area (Å²) in [5.41, 5.74) is 17.4. The second-order valence-electron chi connectivity index (χ2n) is 33.8. The number of hydrogen-bond acceptors (Lipinski definition) is 52. The molecule has 22 N–H and O–H groups in total. The lowest BCUT2D eigenvalue weighted by molar-refractivity contribution is -0.0664. The highest BCUT2D eigenvalue weighted by atomic mass is 31.2. The maximum Gasteiger partial charge on any atom is 0.472 e. The van der Waals surface area contributed by atoms with Crippen molar-refractivity contribution in [3.8, 4) is 0 Å². The predicted octanol–water partition coefficient (Wildman–Crippen LogP) is -5.00. The largest absolute Gasteiger partial charge is 0.472 e. The summed E-state index contributed by atoms with van der Waals surface area (Å²) in [7, 11) is -39.4. The van der Waals surface area contributed by atoms with E-state index in [-0.39, 0.29) is 41.9 Å². The first-order valence-electron chi connectivity index (χ1n) is 44.0. The van der Waals surface area contributed by atoms with Gasteiger partial charge in [0.05, 0.1) is 59.0 Å². The fraction of sp³-hybridized carbons (Fsp3) is 0.556. The van der Waals surface area contributed by atoms with Crippen LogP contribution in [0.2, 0.25) is 0 Å². The predicted molar refractivity (Wildman–Crippen MR) is 484 cm³/mol. The highest BCUT2D eigenvalue weighted by molar-refractivity contribution is 7.49. The molecule has 7 unspecified atom stereocenters. The summed E-state index contributed by atoms with van der Waals surface area (Å²) in [4.78, 5) is 245. The van der Waals surface area contributed by atoms with Crippen molar-refractivity contribution in [2.24, 2.45) is 0 Å². The topological polar surface area (TPSA) is 974 Å². The molecule has 77 heteroatoms. The number of H-pyrrole nitrogens is 3. The molecule has 0 radical (unpaired) electrons. The van der Waals surface area contributed by atoms with Gasteiger partial charge >= 0.3 is 100 Å². The van der Waals surface area contributed by atoms with E-state index in [2.05, 4.69) is 24.9 Å². The van der Waals surface area contributed by atoms with Crippen molar-refractivity contribution in [1.29, 1.82) is 0 Å². The molecule has 70 nitrogen and oxygen atoms in total. The molecular weight excluding hydrogens is 2160 g/mol. The van der Waals surface area contributed by atoms with Gasteiger partial charge in [0.25, 0.3) is 16.7 Å². The van der Waals surface area contributed by atoms with Crippen LogP contribution in [0.3, 0.4) is 0 Å². The Morgan fingerprint density at radius 2 is 0.436 bits per heavy atom. The molecule has 816 valence electrons. The van der Waals surface area contributed by atoms with Crippen molar-refractivity contribution in [2.75, 3.05) is 81.5 Å². The third-order valence-electron chi connectivity index (χ3n) is 23.6. The van der Waals surface area contributed by atoms with Crippen LogP contribution in [0.5, 0.6) is 0 Å². The number of nitrogens with one attached hydrogen (secondary N) is 3. The van der Waals surface area contributed by atoms with Crippen LogP contribution in [-0.2, 0) is 133 Å². The number of phosphoric acid groups is 7. The molecule has 0 spiro atoms. The lowest BCUT2D eigenvalue weighted by atomic mass is 10.2. The molecule has 8 aromatic rings. The first-order valence-corrected chi connectivity index (χ1v) is 54.5. The third kappa shape index (κ3) is 28.1. The lowest BCUT2D eigenvalue weighted by Crippen LogP contribution is -2.32. The van der Waals surface area contributed by atoms with E-state index in [1.54, 1.807) is 0 Å². The van der Waals surface area contributed by atoms with E-state index in [4.69, 9.17) is 130 Å². The summed E-state index contributed by atoms with van der Waals surface area (Å²) in [5, 5.41) is 20.9. The minimum Gasteiger partial charge on any atom is -0.394 e. The van der Waals surface area contributed by atoms with Gasteiger partial charge in [-0.15, -0.1) is 0 Å². The summed E-state index contributed by atoms with van der Waals surface area (Å²) in [6.07, 6.45) is -35.8. The minimum absolute atomic E-state index is 0.128. The maximum absolute atomic E-state index is 14.5. The standard InChI is InChI=1S/C72H94N21O49P7/c73-49-1-9-86(65(99)78-49)57-17-33(95)42(129-57)26-121-143(107,108)137-38-22-62(91-14-6-54(96)83-70(91)104)133-46(38)30-125-149(119,120)142-40-24-64(93-16-8-56(98)85-72(93)106)135-48(40)32-127-147(115,116)140-37-21-61(90-13-5-53(77)82-69(90)103)131-44(37)28-123-145(111,112)139-36-20-60(89-12-4-52(76)81-68(89)102)132-45(36)29-124-148(117,118)141-39-23-63(92-15-7-55(97)84-71(92)105)134-47(39)31-126-146(113,114)138-35-19-59(88-11-3-51(75)80-67(88)101)130-43(35)27-122-144(109,110)136-34-18-58(128-41(34)25-94)87-10-2-50(74)79-66(87)100/h1-16,33-48,57-64,94-95H,17-32H2,(H,107,108)(H,109,110)(H,111,112)(H,113,114)(H,115,116)(H,117,118)(H,119,120)(H2,73,78,99)(H2,74,79,100)(H2,75,80,101)(H2,76,81,102)(H2,77,82,103)(H,83,96,104)(H,84,97,105)(H,85,98,106)/t33-,34-,35-,36-,37-,38-,39-,40-,41+,42+,43+,44+,45+,46+,47+,48+,57+,58+,59+,60+,61+,62+,63+,64+/m0/s1. The highest BCUT2D eigenvalue weighted by Crippen LogP contribution is 2.58. The van der Waals surface area contributed by atoms with Crippen molar-refractivity contribution >= 4 is 83.8 Å². The van der Waals surface area contributed by atoms with Gasteiger partial charge in [-0.25, -0.2) is 70.3 Å². The monoisotopic (exact) mass is 2250 g/mol. The fourth-order valence-electron chi connectivity index (χ4n) is 16.7. The normalized spacial score (nSPS) is 30.9. The number of phosphoric ester groups is 7. The Labute approximate surface area is 828 Å². The van der Waals surface area contributed by atoms with Crippen molar-refractivity contribution < 1.29 is 178 Å². The first-order chi connectivity index (χ1) is 70.2. The van der Waals surface area contributed by atoms with Gasteiger partial charge in [-0.3, -0.25) is 129 Å². The molecule has 149 heavy (non-hydrogen) atoms. The Balaban J connectivity index is 0.581. The second-order valence-corrected chi connectivity index (χ2v) is 43.6. The third-order valence-corrected chi connectivity index (χ3v) is 30.7. The number of nitrogens with two attached hydrogens (primary N) is 5. The van der Waals surface area contributed by atoms with Crippen LogP contribution in [0, 0.1) is 0 Å². The van der Waals surface area contributed by atoms with Gasteiger partial charge in [0.2, 0.25) is 0 Å². The average molecular weight is 2250 g/mol. The number of aromatic amines is 3. The lowest BCUT2D eigenvalue weighted by Gasteiger charge is -2.26. The van der Waals surface area contributed by atoms with Crippen LogP contribution < -0.4 is 90.9 Å². The van der Waals surface area contributed by atoms with Gasteiger partial charge in [-0.2, -0.15) is 24.9 Å². The van der Waals surface area contributed by atoms with Crippen molar-refractivity contribution in [3.05, 3.63) is 213 Å². The molecule has 16 rings (SSSR count). The van der Waals surface area contributed by atoms with E-state index >= 15 is 0 Å². The number of ether oxygens (including phenoxy) is 8. The van der Waals surface area contributed by atoms with Gasteiger partial charge < -0.3 is 111 Å². The molecule has 0 bridgehead atoms. The van der Waals surface area contributed by atoms with Gasteiger partial charge in [0.15, 0.2) is 0 Å². The van der Waals surface area contributed by atoms with Gasteiger partial charge in [-0.05, 0) is 30.3 Å². The maximum atomic E-state index is 14.5. The summed E-state index contributed by atoms with van der Waals surface area (Å²) in [6.45, 7) is -8.89. The zero-order valence-electron chi connectivity index (χ0n) is 76.1. The number of rotatable bonds is 44. The highest BCUT2D eigenvalue weighted by Gasteiger charge is 2.54. The molecule has 8 aromatic heterocycles. The van der Waals surface area contributed by atoms with Crippen LogP contribution >= 0.6 is 54.8 Å². The summed E-state index contributed by atoms with van der Waals surface area (Å²) >= 11 is 0. The van der Waals surface area contributed by atoms with Crippen LogP contribution in [0.15, 0.2) is 151 Å². The quantitative estimate of drug-likeness (QED) is 0.0159. The molecule has 0 aliphatic carbocycles. The van der Waals surface area contributed by atoms with Crippen LogP contribution in [0.4, 0.5) is 29.1 Å². The Morgan fingerprint density at radius 1 is 0.268 bits per heavy atom. The summed E-state index contributed by atoms with van der Waals surface area (Å²) < 4.78 is 229. The number of aliphatic hydroxyl groups excluding tert-OH is 2. The molecule has 0 amide bonds. The van der Waals surface area contributed by atoms with E-state index in [0.29, 0.717) is 0 Å². The second kappa shape index (κ2) is 45.6. The first kappa shape index (κ1) is 111. The van der Waals surface area contributed by atoms with E-state index in [1.807, 2.05) is 15.0 Å². The van der Waals surface area contributed by atoms with E-state index in [1.165, 1.54) is 30.6 Å². The molecule has 0 saturated carbocycles.